The van der Waals surface area contributed by atoms with Crippen molar-refractivity contribution in [1.82, 2.24) is 20.3 Å². The average Bonchev–Trinajstić information content (AvgIpc) is 3.01. The highest BCUT2D eigenvalue weighted by molar-refractivity contribution is 5.92. The summed E-state index contributed by atoms with van der Waals surface area (Å²) in [5.41, 5.74) is 0.410. The molecule has 2 unspecified atom stereocenters. The lowest BCUT2D eigenvalue weighted by atomic mass is 9.63. The number of fused-ring (bicyclic) bond motifs is 5. The number of pyridine rings is 1. The lowest BCUT2D eigenvalue weighted by Crippen LogP contribution is -2.51. The zero-order chi connectivity index (χ0) is 20.2. The molecule has 0 spiro atoms. The van der Waals surface area contributed by atoms with Gasteiger partial charge in [-0.1, -0.05) is 26.8 Å². The van der Waals surface area contributed by atoms with E-state index in [4.69, 9.17) is 0 Å². The third-order valence-electron chi connectivity index (χ3n) is 7.04. The number of aromatic nitrogens is 3. The SMILES string of the molecule is CC12CCC(C(=O)NCc3cccnc3)(c3nc(C#N)c(C#N)nc31)C2(C)C. The molecule has 4 rings (SSSR count). The number of nitrogens with zero attached hydrogens (tertiary/aromatic N) is 5. The number of nitriles is 2. The minimum atomic E-state index is -0.883. The molecule has 1 saturated carbocycles. The van der Waals surface area contributed by atoms with Crippen LogP contribution in [0.4, 0.5) is 0 Å². The second-order valence-electron chi connectivity index (χ2n) is 8.25. The van der Waals surface area contributed by atoms with E-state index in [2.05, 4.69) is 41.0 Å². The summed E-state index contributed by atoms with van der Waals surface area (Å²) in [6.07, 6.45) is 4.82. The van der Waals surface area contributed by atoms with Crippen LogP contribution < -0.4 is 5.32 Å². The topological polar surface area (TPSA) is 115 Å². The molecule has 2 aliphatic carbocycles. The fourth-order valence-electron chi connectivity index (χ4n) is 4.98. The Hall–Kier alpha value is -3.32. The number of hydrogen-bond donors (Lipinski definition) is 1. The standard InChI is InChI=1S/C21H20N6O/c1-19(2)20(3)6-7-21(19,18(28)25-12-13-5-4-8-24-11-13)17-16(20)26-14(9-22)15(10-23)27-17/h4-5,8,11H,6-7,12H2,1-3H3,(H,25,28). The van der Waals surface area contributed by atoms with Crippen molar-refractivity contribution < 1.29 is 4.79 Å². The lowest BCUT2D eigenvalue weighted by molar-refractivity contribution is -0.130. The largest absolute Gasteiger partial charge is 0.351 e. The van der Waals surface area contributed by atoms with Gasteiger partial charge in [-0.15, -0.1) is 0 Å². The molecule has 7 nitrogen and oxygen atoms in total. The van der Waals surface area contributed by atoms with E-state index in [1.165, 1.54) is 0 Å². The van der Waals surface area contributed by atoms with Crippen LogP contribution in [0.1, 0.15) is 62.0 Å². The second kappa shape index (κ2) is 5.84. The summed E-state index contributed by atoms with van der Waals surface area (Å²) < 4.78 is 0. The molecule has 2 aliphatic rings. The van der Waals surface area contributed by atoms with Gasteiger partial charge in [0, 0.05) is 24.4 Å². The summed E-state index contributed by atoms with van der Waals surface area (Å²) in [4.78, 5) is 26.6. The first-order valence-corrected chi connectivity index (χ1v) is 9.22. The molecule has 1 fully saturated rings. The summed E-state index contributed by atoms with van der Waals surface area (Å²) >= 11 is 0. The molecule has 140 valence electrons. The monoisotopic (exact) mass is 372 g/mol. The fraction of sp³-hybridized carbons (Fsp3) is 0.429. The molecule has 0 radical (unpaired) electrons. The van der Waals surface area contributed by atoms with Crippen LogP contribution >= 0.6 is 0 Å². The highest BCUT2D eigenvalue weighted by atomic mass is 16.2. The quantitative estimate of drug-likeness (QED) is 0.883. The van der Waals surface area contributed by atoms with Gasteiger partial charge < -0.3 is 5.32 Å². The Morgan fingerprint density at radius 2 is 1.82 bits per heavy atom. The normalized spacial score (nSPS) is 26.2. The van der Waals surface area contributed by atoms with Crippen molar-refractivity contribution in [2.45, 2.75) is 51.0 Å². The van der Waals surface area contributed by atoms with Crippen LogP contribution in [-0.4, -0.2) is 20.9 Å². The van der Waals surface area contributed by atoms with Gasteiger partial charge in [0.15, 0.2) is 11.4 Å². The van der Waals surface area contributed by atoms with E-state index in [9.17, 15) is 15.3 Å². The van der Waals surface area contributed by atoms with E-state index in [0.717, 1.165) is 12.0 Å². The number of rotatable bonds is 3. The van der Waals surface area contributed by atoms with E-state index < -0.39 is 10.8 Å². The Bertz CT molecular complexity index is 1060. The van der Waals surface area contributed by atoms with Gasteiger partial charge in [0.25, 0.3) is 0 Å². The molecular weight excluding hydrogens is 352 g/mol. The smallest absolute Gasteiger partial charge is 0.233 e. The molecule has 2 atom stereocenters. The van der Waals surface area contributed by atoms with Gasteiger partial charge in [0.05, 0.1) is 16.8 Å². The second-order valence-corrected chi connectivity index (χ2v) is 8.25. The van der Waals surface area contributed by atoms with Crippen LogP contribution in [0.5, 0.6) is 0 Å². The highest BCUT2D eigenvalue weighted by Crippen LogP contribution is 2.70. The van der Waals surface area contributed by atoms with Crippen LogP contribution in [0.2, 0.25) is 0 Å². The van der Waals surface area contributed by atoms with Gasteiger partial charge in [-0.2, -0.15) is 10.5 Å². The van der Waals surface area contributed by atoms with Gasteiger partial charge in [0.1, 0.15) is 12.1 Å². The number of amides is 1. The summed E-state index contributed by atoms with van der Waals surface area (Å²) in [6, 6.07) is 7.65. The van der Waals surface area contributed by atoms with Crippen LogP contribution in [0.15, 0.2) is 24.5 Å². The van der Waals surface area contributed by atoms with Gasteiger partial charge in [-0.05, 0) is 29.9 Å². The predicted octanol–water partition coefficient (Wildman–Crippen LogP) is 2.26. The van der Waals surface area contributed by atoms with Crippen molar-refractivity contribution in [2.24, 2.45) is 5.41 Å². The summed E-state index contributed by atoms with van der Waals surface area (Å²) in [5, 5.41) is 21.8. The Labute approximate surface area is 163 Å². The first-order chi connectivity index (χ1) is 13.3. The number of carbonyl (C=O) groups excluding carboxylic acids is 1. The van der Waals surface area contributed by atoms with Crippen molar-refractivity contribution in [3.05, 3.63) is 52.9 Å². The molecule has 2 bridgehead atoms. The Kier molecular flexibility index (Phi) is 3.77. The molecule has 1 N–H and O–H groups in total. The van der Waals surface area contributed by atoms with Gasteiger partial charge in [-0.25, -0.2) is 9.97 Å². The molecular formula is C21H20N6O. The van der Waals surface area contributed by atoms with E-state index in [-0.39, 0.29) is 22.7 Å². The number of carbonyl (C=O) groups is 1. The molecule has 2 aromatic rings. The zero-order valence-electron chi connectivity index (χ0n) is 16.1. The molecule has 2 heterocycles. The van der Waals surface area contributed by atoms with E-state index >= 15 is 0 Å². The maximum absolute atomic E-state index is 13.5. The Morgan fingerprint density at radius 1 is 1.14 bits per heavy atom. The summed E-state index contributed by atoms with van der Waals surface area (Å²) in [6.45, 7) is 6.57. The lowest BCUT2D eigenvalue weighted by Gasteiger charge is -2.39. The average molecular weight is 372 g/mol. The fourth-order valence-corrected chi connectivity index (χ4v) is 4.98. The molecule has 2 aromatic heterocycles. The predicted molar refractivity (Wildman–Crippen MR) is 99.6 cm³/mol. The van der Waals surface area contributed by atoms with Crippen molar-refractivity contribution in [1.29, 1.82) is 10.5 Å². The number of hydrogen-bond acceptors (Lipinski definition) is 6. The minimum absolute atomic E-state index is 0.0207. The molecule has 28 heavy (non-hydrogen) atoms. The minimum Gasteiger partial charge on any atom is -0.351 e. The zero-order valence-corrected chi connectivity index (χ0v) is 16.1. The maximum atomic E-state index is 13.5. The van der Waals surface area contributed by atoms with E-state index in [1.54, 1.807) is 12.4 Å². The van der Waals surface area contributed by atoms with Crippen LogP contribution in [0, 0.1) is 28.1 Å². The molecule has 0 saturated heterocycles. The maximum Gasteiger partial charge on any atom is 0.233 e. The molecule has 0 aromatic carbocycles. The van der Waals surface area contributed by atoms with E-state index in [1.807, 2.05) is 24.3 Å². The summed E-state index contributed by atoms with van der Waals surface area (Å²) in [7, 11) is 0. The van der Waals surface area contributed by atoms with Crippen molar-refractivity contribution >= 4 is 5.91 Å². The summed E-state index contributed by atoms with van der Waals surface area (Å²) in [5.74, 6) is -0.119. The van der Waals surface area contributed by atoms with Crippen molar-refractivity contribution in [2.75, 3.05) is 0 Å². The molecule has 0 aliphatic heterocycles. The van der Waals surface area contributed by atoms with Crippen molar-refractivity contribution in [3.8, 4) is 12.1 Å². The first kappa shape index (κ1) is 18.1. The van der Waals surface area contributed by atoms with Crippen LogP contribution in [0.3, 0.4) is 0 Å². The molecule has 7 heteroatoms. The van der Waals surface area contributed by atoms with Crippen molar-refractivity contribution in [3.63, 3.8) is 0 Å². The third kappa shape index (κ3) is 2.02. The van der Waals surface area contributed by atoms with Gasteiger partial charge in [0.2, 0.25) is 5.91 Å². The first-order valence-electron chi connectivity index (χ1n) is 9.22. The Balaban J connectivity index is 1.82. The van der Waals surface area contributed by atoms with Gasteiger partial charge in [-0.3, -0.25) is 9.78 Å². The van der Waals surface area contributed by atoms with Gasteiger partial charge >= 0.3 is 0 Å². The van der Waals surface area contributed by atoms with E-state index in [0.29, 0.717) is 24.4 Å². The third-order valence-corrected chi connectivity index (χ3v) is 7.04. The number of nitrogens with one attached hydrogen (secondary N) is 1. The molecule has 1 amide bonds. The van der Waals surface area contributed by atoms with Crippen LogP contribution in [-0.2, 0) is 22.2 Å². The van der Waals surface area contributed by atoms with Crippen LogP contribution in [0.25, 0.3) is 0 Å². The highest BCUT2D eigenvalue weighted by Gasteiger charge is 2.73. The Morgan fingerprint density at radius 3 is 2.43 bits per heavy atom.